The molecule has 0 aromatic heterocycles. The number of ether oxygens (including phenoxy) is 1. The topological polar surface area (TPSA) is 58.6 Å². The van der Waals surface area contributed by atoms with Crippen molar-refractivity contribution in [3.8, 4) is 11.5 Å². The molecule has 0 fully saturated rings. The number of amides is 1. The molecule has 0 aliphatic carbocycles. The first-order valence-corrected chi connectivity index (χ1v) is 8.20. The lowest BCUT2D eigenvalue weighted by Crippen LogP contribution is -2.20. The first-order valence-electron chi connectivity index (χ1n) is 5.82. The van der Waals surface area contributed by atoms with Gasteiger partial charge in [0.2, 0.25) is 0 Å². The summed E-state index contributed by atoms with van der Waals surface area (Å²) in [7, 11) is 0. The zero-order valence-corrected chi connectivity index (χ0v) is 15.3. The fourth-order valence-corrected chi connectivity index (χ4v) is 4.03. The largest absolute Gasteiger partial charge is 0.508 e. The molecule has 0 heterocycles. The monoisotopic (exact) mass is 477 g/mol. The van der Waals surface area contributed by atoms with Gasteiger partial charge in [-0.05, 0) is 68.3 Å². The maximum Gasteiger partial charge on any atom is 0.262 e. The van der Waals surface area contributed by atoms with Crippen molar-refractivity contribution in [3.05, 3.63) is 49.8 Å². The lowest BCUT2D eigenvalue weighted by molar-refractivity contribution is -0.118. The molecule has 2 aromatic carbocycles. The van der Waals surface area contributed by atoms with E-state index in [1.807, 2.05) is 12.1 Å². The minimum Gasteiger partial charge on any atom is -0.508 e. The van der Waals surface area contributed by atoms with Crippen LogP contribution < -0.4 is 10.1 Å². The first kappa shape index (κ1) is 16.3. The first-order chi connectivity index (χ1) is 9.95. The third-order valence-electron chi connectivity index (χ3n) is 2.46. The van der Waals surface area contributed by atoms with Crippen molar-refractivity contribution >= 4 is 59.4 Å². The molecule has 0 radical (unpaired) electrons. The zero-order chi connectivity index (χ0) is 15.4. The number of aromatic hydroxyl groups is 1. The van der Waals surface area contributed by atoms with Crippen LogP contribution in [0.1, 0.15) is 0 Å². The molecule has 110 valence electrons. The average molecular weight is 480 g/mol. The minimum atomic E-state index is -0.289. The third kappa shape index (κ3) is 4.72. The molecular weight excluding hydrogens is 470 g/mol. The number of nitrogens with one attached hydrogen (secondary N) is 1. The number of benzene rings is 2. The molecular formula is C14H10Br3NO3. The van der Waals surface area contributed by atoms with Gasteiger partial charge in [-0.25, -0.2) is 0 Å². The summed E-state index contributed by atoms with van der Waals surface area (Å²) >= 11 is 10.1. The number of phenols is 1. The van der Waals surface area contributed by atoms with E-state index in [9.17, 15) is 9.90 Å². The maximum atomic E-state index is 11.8. The summed E-state index contributed by atoms with van der Waals surface area (Å²) in [5.41, 5.74) is 0.593. The molecule has 4 nitrogen and oxygen atoms in total. The number of rotatable bonds is 4. The SMILES string of the molecule is O=C(COc1c(Br)cc(Br)cc1Br)Nc1ccc(O)cc1. The van der Waals surface area contributed by atoms with Crippen LogP contribution in [-0.2, 0) is 4.79 Å². The summed E-state index contributed by atoms with van der Waals surface area (Å²) in [6.07, 6.45) is 0. The van der Waals surface area contributed by atoms with Crippen LogP contribution in [0.15, 0.2) is 49.8 Å². The second-order valence-electron chi connectivity index (χ2n) is 4.08. The van der Waals surface area contributed by atoms with Gasteiger partial charge < -0.3 is 15.2 Å². The molecule has 0 bridgehead atoms. The predicted molar refractivity (Wildman–Crippen MR) is 91.8 cm³/mol. The van der Waals surface area contributed by atoms with Crippen LogP contribution in [0.25, 0.3) is 0 Å². The van der Waals surface area contributed by atoms with E-state index < -0.39 is 0 Å². The number of anilines is 1. The molecule has 0 atom stereocenters. The average Bonchev–Trinajstić information content (AvgIpc) is 2.40. The van der Waals surface area contributed by atoms with Gasteiger partial charge in [-0.2, -0.15) is 0 Å². The van der Waals surface area contributed by atoms with E-state index in [0.29, 0.717) is 11.4 Å². The summed E-state index contributed by atoms with van der Waals surface area (Å²) in [6, 6.07) is 9.88. The predicted octanol–water partition coefficient (Wildman–Crippen LogP) is 4.70. The Morgan fingerprint density at radius 3 is 2.24 bits per heavy atom. The van der Waals surface area contributed by atoms with Gasteiger partial charge in [-0.15, -0.1) is 0 Å². The Bertz CT molecular complexity index is 636. The number of phenolic OH excluding ortho intramolecular Hbond substituents is 1. The molecule has 0 unspecified atom stereocenters. The Labute approximate surface area is 146 Å². The molecule has 0 aliphatic heterocycles. The van der Waals surface area contributed by atoms with Crippen molar-refractivity contribution < 1.29 is 14.6 Å². The number of carbonyl (C=O) groups excluding carboxylic acids is 1. The quantitative estimate of drug-likeness (QED) is 0.625. The van der Waals surface area contributed by atoms with E-state index in [1.54, 1.807) is 12.1 Å². The van der Waals surface area contributed by atoms with E-state index in [0.717, 1.165) is 13.4 Å². The van der Waals surface area contributed by atoms with Crippen LogP contribution in [0.3, 0.4) is 0 Å². The van der Waals surface area contributed by atoms with E-state index >= 15 is 0 Å². The van der Waals surface area contributed by atoms with Crippen LogP contribution in [0.4, 0.5) is 5.69 Å². The fourth-order valence-electron chi connectivity index (χ4n) is 1.55. The van der Waals surface area contributed by atoms with Gasteiger partial charge in [0.15, 0.2) is 6.61 Å². The lowest BCUT2D eigenvalue weighted by Gasteiger charge is -2.11. The second kappa shape index (κ2) is 7.29. The normalized spacial score (nSPS) is 10.2. The van der Waals surface area contributed by atoms with E-state index in [4.69, 9.17) is 4.74 Å². The smallest absolute Gasteiger partial charge is 0.262 e. The summed E-state index contributed by atoms with van der Waals surface area (Å²) in [4.78, 5) is 11.8. The maximum absolute atomic E-state index is 11.8. The Morgan fingerprint density at radius 2 is 1.67 bits per heavy atom. The van der Waals surface area contributed by atoms with Crippen molar-refractivity contribution in [3.63, 3.8) is 0 Å². The summed E-state index contributed by atoms with van der Waals surface area (Å²) < 4.78 is 7.87. The molecule has 2 N–H and O–H groups in total. The number of carbonyl (C=O) groups is 1. The lowest BCUT2D eigenvalue weighted by atomic mass is 10.3. The molecule has 0 saturated carbocycles. The van der Waals surface area contributed by atoms with Gasteiger partial charge >= 0.3 is 0 Å². The van der Waals surface area contributed by atoms with Crippen LogP contribution in [-0.4, -0.2) is 17.6 Å². The van der Waals surface area contributed by atoms with E-state index in [1.165, 1.54) is 12.1 Å². The van der Waals surface area contributed by atoms with Gasteiger partial charge in [0, 0.05) is 10.2 Å². The summed E-state index contributed by atoms with van der Waals surface area (Å²) in [5.74, 6) is 0.411. The summed E-state index contributed by atoms with van der Waals surface area (Å²) in [5, 5.41) is 11.8. The minimum absolute atomic E-state index is 0.125. The Kier molecular flexibility index (Phi) is 5.66. The summed E-state index contributed by atoms with van der Waals surface area (Å²) in [6.45, 7) is -0.125. The molecule has 21 heavy (non-hydrogen) atoms. The standard InChI is InChI=1S/C14H10Br3NO3/c15-8-5-11(16)14(12(17)6-8)21-7-13(20)18-9-1-3-10(19)4-2-9/h1-6,19H,7H2,(H,18,20). The number of halogens is 3. The van der Waals surface area contributed by atoms with Crippen molar-refractivity contribution in [2.24, 2.45) is 0 Å². The van der Waals surface area contributed by atoms with Gasteiger partial charge in [0.1, 0.15) is 11.5 Å². The Hall–Kier alpha value is -1.05. The highest BCUT2D eigenvalue weighted by molar-refractivity contribution is 9.11. The molecule has 1 amide bonds. The van der Waals surface area contributed by atoms with Crippen LogP contribution in [0, 0.1) is 0 Å². The Morgan fingerprint density at radius 1 is 1.10 bits per heavy atom. The van der Waals surface area contributed by atoms with Crippen LogP contribution in [0.5, 0.6) is 11.5 Å². The highest BCUT2D eigenvalue weighted by atomic mass is 79.9. The molecule has 2 aromatic rings. The highest BCUT2D eigenvalue weighted by Crippen LogP contribution is 2.36. The van der Waals surface area contributed by atoms with Crippen LogP contribution >= 0.6 is 47.8 Å². The van der Waals surface area contributed by atoms with Gasteiger partial charge in [-0.1, -0.05) is 15.9 Å². The van der Waals surface area contributed by atoms with Gasteiger partial charge in [0.25, 0.3) is 5.91 Å². The molecule has 0 saturated heterocycles. The molecule has 7 heteroatoms. The molecule has 2 rings (SSSR count). The van der Waals surface area contributed by atoms with Crippen molar-refractivity contribution in [2.75, 3.05) is 11.9 Å². The van der Waals surface area contributed by atoms with Crippen LogP contribution in [0.2, 0.25) is 0 Å². The van der Waals surface area contributed by atoms with Gasteiger partial charge in [0.05, 0.1) is 8.95 Å². The molecule has 0 spiro atoms. The van der Waals surface area contributed by atoms with Crippen molar-refractivity contribution in [2.45, 2.75) is 0 Å². The Balaban J connectivity index is 1.97. The third-order valence-corrected chi connectivity index (χ3v) is 4.10. The molecule has 0 aliphatic rings. The number of hydrogen-bond donors (Lipinski definition) is 2. The van der Waals surface area contributed by atoms with Gasteiger partial charge in [-0.3, -0.25) is 4.79 Å². The number of hydrogen-bond acceptors (Lipinski definition) is 3. The van der Waals surface area contributed by atoms with E-state index in [2.05, 4.69) is 53.1 Å². The fraction of sp³-hybridized carbons (Fsp3) is 0.0714. The zero-order valence-electron chi connectivity index (χ0n) is 10.6. The van der Waals surface area contributed by atoms with E-state index in [-0.39, 0.29) is 18.3 Å². The van der Waals surface area contributed by atoms with Crippen molar-refractivity contribution in [1.29, 1.82) is 0 Å². The highest BCUT2D eigenvalue weighted by Gasteiger charge is 2.11. The second-order valence-corrected chi connectivity index (χ2v) is 6.71. The van der Waals surface area contributed by atoms with Crippen molar-refractivity contribution in [1.82, 2.24) is 0 Å².